The number of allylic oxidation sites excluding steroid dienone is 4. The van der Waals surface area contributed by atoms with Crippen LogP contribution in [0.2, 0.25) is 0 Å². The van der Waals surface area contributed by atoms with E-state index in [4.69, 9.17) is 0 Å². The minimum atomic E-state index is 0.330. The molecule has 0 radical (unpaired) electrons. The molecule has 0 saturated heterocycles. The van der Waals surface area contributed by atoms with Crippen molar-refractivity contribution in [2.45, 2.75) is 39.5 Å². The third-order valence-electron chi connectivity index (χ3n) is 2.13. The molecular formula is C11H16O. The topological polar surface area (TPSA) is 17.1 Å². The zero-order valence-electron chi connectivity index (χ0n) is 7.89. The van der Waals surface area contributed by atoms with Crippen molar-refractivity contribution >= 4 is 5.78 Å². The van der Waals surface area contributed by atoms with Gasteiger partial charge in [-0.15, -0.1) is 0 Å². The molecule has 0 atom stereocenters. The molecule has 0 aromatic rings. The Bertz CT molecular complexity index is 233. The summed E-state index contributed by atoms with van der Waals surface area (Å²) in [5, 5.41) is 0. The quantitative estimate of drug-likeness (QED) is 0.573. The number of Topliss-reactive ketones (excluding diaryl/α,β-unsaturated/α-hetero) is 1. The summed E-state index contributed by atoms with van der Waals surface area (Å²) in [6.45, 7) is 4.18. The Hall–Kier alpha value is -0.850. The fourth-order valence-corrected chi connectivity index (χ4v) is 1.60. The maximum Gasteiger partial charge on any atom is 0.163 e. The van der Waals surface area contributed by atoms with Crippen LogP contribution in [0.3, 0.4) is 0 Å². The van der Waals surface area contributed by atoms with Gasteiger partial charge in [-0.05, 0) is 24.8 Å². The summed E-state index contributed by atoms with van der Waals surface area (Å²) in [6.07, 6.45) is 7.89. The average Bonchev–Trinajstić information content (AvgIpc) is 2.37. The van der Waals surface area contributed by atoms with E-state index in [1.165, 1.54) is 5.57 Å². The van der Waals surface area contributed by atoms with Gasteiger partial charge in [-0.25, -0.2) is 0 Å². The zero-order chi connectivity index (χ0) is 8.97. The van der Waals surface area contributed by atoms with Crippen LogP contribution in [0.1, 0.15) is 39.5 Å². The van der Waals surface area contributed by atoms with E-state index in [0.717, 1.165) is 31.3 Å². The molecule has 1 aliphatic rings. The molecule has 0 heterocycles. The third-order valence-corrected chi connectivity index (χ3v) is 2.13. The first-order chi connectivity index (χ1) is 5.79. The van der Waals surface area contributed by atoms with Crippen LogP contribution >= 0.6 is 0 Å². The van der Waals surface area contributed by atoms with Gasteiger partial charge in [-0.2, -0.15) is 0 Å². The number of carbonyl (C=O) groups is 1. The highest BCUT2D eigenvalue weighted by molar-refractivity contribution is 6.02. The van der Waals surface area contributed by atoms with Gasteiger partial charge in [-0.1, -0.05) is 26.0 Å². The van der Waals surface area contributed by atoms with E-state index >= 15 is 0 Å². The molecule has 0 aromatic heterocycles. The second kappa shape index (κ2) is 4.24. The van der Waals surface area contributed by atoms with E-state index in [1.54, 1.807) is 0 Å². The van der Waals surface area contributed by atoms with Crippen molar-refractivity contribution in [3.63, 3.8) is 0 Å². The lowest BCUT2D eigenvalue weighted by atomic mass is 10.1. The first-order valence-electron chi connectivity index (χ1n) is 4.72. The van der Waals surface area contributed by atoms with E-state index in [-0.39, 0.29) is 0 Å². The Kier molecular flexibility index (Phi) is 3.27. The summed E-state index contributed by atoms with van der Waals surface area (Å²) >= 11 is 0. The fraction of sp³-hybridized carbons (Fsp3) is 0.545. The molecule has 1 nitrogen and oxygen atoms in total. The Morgan fingerprint density at radius 2 is 1.83 bits per heavy atom. The van der Waals surface area contributed by atoms with Crippen molar-refractivity contribution in [1.29, 1.82) is 0 Å². The van der Waals surface area contributed by atoms with Gasteiger partial charge in [-0.3, -0.25) is 4.79 Å². The van der Waals surface area contributed by atoms with E-state index in [9.17, 15) is 4.79 Å². The summed E-state index contributed by atoms with van der Waals surface area (Å²) in [7, 11) is 0. The lowest BCUT2D eigenvalue weighted by Crippen LogP contribution is -1.92. The van der Waals surface area contributed by atoms with Crippen LogP contribution in [-0.2, 0) is 4.79 Å². The maximum absolute atomic E-state index is 11.3. The van der Waals surface area contributed by atoms with Gasteiger partial charge in [0.2, 0.25) is 0 Å². The molecule has 66 valence electrons. The summed E-state index contributed by atoms with van der Waals surface area (Å²) in [5.74, 6) is 0.330. The van der Waals surface area contributed by atoms with E-state index in [1.807, 2.05) is 0 Å². The largest absolute Gasteiger partial charge is 0.294 e. The van der Waals surface area contributed by atoms with Crippen LogP contribution in [-0.4, -0.2) is 5.78 Å². The van der Waals surface area contributed by atoms with Gasteiger partial charge >= 0.3 is 0 Å². The van der Waals surface area contributed by atoms with Gasteiger partial charge in [0, 0.05) is 12.0 Å². The molecule has 1 aliphatic carbocycles. The number of ketones is 1. The average molecular weight is 164 g/mol. The Morgan fingerprint density at radius 1 is 1.17 bits per heavy atom. The second-order valence-corrected chi connectivity index (χ2v) is 3.09. The summed E-state index contributed by atoms with van der Waals surface area (Å²) in [5.41, 5.74) is 2.25. The molecule has 1 fully saturated rings. The number of hydrogen-bond acceptors (Lipinski definition) is 1. The molecule has 0 aliphatic heterocycles. The summed E-state index contributed by atoms with van der Waals surface area (Å²) < 4.78 is 0. The lowest BCUT2D eigenvalue weighted by Gasteiger charge is -1.97. The van der Waals surface area contributed by atoms with E-state index in [0.29, 0.717) is 5.78 Å². The van der Waals surface area contributed by atoms with Crippen LogP contribution in [0, 0.1) is 0 Å². The maximum atomic E-state index is 11.3. The molecule has 0 bridgehead atoms. The minimum Gasteiger partial charge on any atom is -0.294 e. The zero-order valence-corrected chi connectivity index (χ0v) is 7.89. The van der Waals surface area contributed by atoms with Gasteiger partial charge in [0.05, 0.1) is 0 Å². The Labute approximate surface area is 74.2 Å². The van der Waals surface area contributed by atoms with Crippen molar-refractivity contribution in [1.82, 2.24) is 0 Å². The molecular weight excluding hydrogens is 148 g/mol. The van der Waals surface area contributed by atoms with Crippen molar-refractivity contribution < 1.29 is 4.79 Å². The van der Waals surface area contributed by atoms with Gasteiger partial charge in [0.1, 0.15) is 0 Å². The Balaban J connectivity index is 2.85. The molecule has 0 aromatic carbocycles. The number of hydrogen-bond donors (Lipinski definition) is 0. The fourth-order valence-electron chi connectivity index (χ4n) is 1.60. The van der Waals surface area contributed by atoms with E-state index in [2.05, 4.69) is 26.0 Å². The molecule has 1 saturated carbocycles. The molecule has 0 N–H and O–H groups in total. The first kappa shape index (κ1) is 9.24. The normalized spacial score (nSPS) is 24.3. The van der Waals surface area contributed by atoms with Gasteiger partial charge < -0.3 is 0 Å². The van der Waals surface area contributed by atoms with Gasteiger partial charge in [0.15, 0.2) is 5.78 Å². The predicted molar refractivity (Wildman–Crippen MR) is 51.0 cm³/mol. The Morgan fingerprint density at radius 3 is 2.42 bits per heavy atom. The predicted octanol–water partition coefficient (Wildman–Crippen LogP) is 3.02. The molecule has 1 heteroatoms. The highest BCUT2D eigenvalue weighted by Crippen LogP contribution is 2.27. The smallest absolute Gasteiger partial charge is 0.163 e. The first-order valence-corrected chi connectivity index (χ1v) is 4.72. The molecule has 0 amide bonds. The monoisotopic (exact) mass is 164 g/mol. The van der Waals surface area contributed by atoms with Crippen molar-refractivity contribution in [3.8, 4) is 0 Å². The van der Waals surface area contributed by atoms with Crippen molar-refractivity contribution in [2.75, 3.05) is 0 Å². The standard InChI is InChI=1S/C11H16O/c1-3-5-9-7-8-11(12)10(9)6-4-2/h5-6H,3-4,7-8H2,1-2H3/b9-5-,10-6+. The number of carbonyl (C=O) groups excluding carboxylic acids is 1. The molecule has 0 unspecified atom stereocenters. The molecule has 0 spiro atoms. The highest BCUT2D eigenvalue weighted by Gasteiger charge is 2.20. The third kappa shape index (κ3) is 1.84. The van der Waals surface area contributed by atoms with Crippen LogP contribution < -0.4 is 0 Å². The van der Waals surface area contributed by atoms with Crippen LogP contribution in [0.4, 0.5) is 0 Å². The lowest BCUT2D eigenvalue weighted by molar-refractivity contribution is -0.114. The SMILES string of the molecule is CC/C=C1/CCC(=O)/C1=C/CC. The van der Waals surface area contributed by atoms with Crippen LogP contribution in [0.5, 0.6) is 0 Å². The highest BCUT2D eigenvalue weighted by atomic mass is 16.1. The van der Waals surface area contributed by atoms with Crippen molar-refractivity contribution in [2.24, 2.45) is 0 Å². The van der Waals surface area contributed by atoms with Crippen molar-refractivity contribution in [3.05, 3.63) is 23.3 Å². The van der Waals surface area contributed by atoms with Crippen LogP contribution in [0.25, 0.3) is 0 Å². The van der Waals surface area contributed by atoms with Gasteiger partial charge in [0.25, 0.3) is 0 Å². The summed E-state index contributed by atoms with van der Waals surface area (Å²) in [4.78, 5) is 11.3. The summed E-state index contributed by atoms with van der Waals surface area (Å²) in [6, 6.07) is 0. The second-order valence-electron chi connectivity index (χ2n) is 3.09. The molecule has 1 rings (SSSR count). The van der Waals surface area contributed by atoms with E-state index < -0.39 is 0 Å². The number of rotatable bonds is 2. The molecule has 12 heavy (non-hydrogen) atoms. The van der Waals surface area contributed by atoms with Crippen LogP contribution in [0.15, 0.2) is 23.3 Å². The minimum absolute atomic E-state index is 0.330.